The van der Waals surface area contributed by atoms with Crippen LogP contribution >= 0.6 is 34.9 Å². The molecular weight excluding hydrogens is 563 g/mol. The molecule has 0 saturated carbocycles. The fraction of sp³-hybridized carbons (Fsp3) is 0.214. The third-order valence-corrected chi connectivity index (χ3v) is 8.99. The summed E-state index contributed by atoms with van der Waals surface area (Å²) >= 11 is 4.20. The molecule has 9 nitrogen and oxygen atoms in total. The number of aromatic nitrogens is 5. The average molecular weight is 590 g/mol. The Bertz CT molecular complexity index is 1680. The fourth-order valence-corrected chi connectivity index (χ4v) is 6.56. The van der Waals surface area contributed by atoms with Crippen LogP contribution in [-0.2, 0) is 11.3 Å². The first kappa shape index (κ1) is 27.8. The number of carbonyl (C=O) groups excluding carboxylic acids is 2. The molecule has 0 unspecified atom stereocenters. The first-order valence-corrected chi connectivity index (χ1v) is 15.4. The van der Waals surface area contributed by atoms with Gasteiger partial charge in [0.1, 0.15) is 0 Å². The van der Waals surface area contributed by atoms with Gasteiger partial charge >= 0.3 is 0 Å². The van der Waals surface area contributed by atoms with Crippen LogP contribution in [0.5, 0.6) is 0 Å². The number of rotatable bonds is 10. The standard InChI is InChI=1S/C28H27N7O2S3/c1-4-38-28-34-32-26(40-28)30-24(36)16-39-27-33-31-23(35(27)22-14-7-9-17(2)18(22)3)15-29-25(37)21-13-8-11-19-10-5-6-12-20(19)21/h5-14H,4,15-16H2,1-3H3,(H,29,37)(H,30,32,36). The Labute approximate surface area is 244 Å². The maximum atomic E-state index is 13.2. The maximum Gasteiger partial charge on any atom is 0.252 e. The van der Waals surface area contributed by atoms with Crippen LogP contribution in [0.3, 0.4) is 0 Å². The Kier molecular flexibility index (Phi) is 8.78. The van der Waals surface area contributed by atoms with E-state index in [1.165, 1.54) is 23.1 Å². The normalized spacial score (nSPS) is 11.1. The van der Waals surface area contributed by atoms with E-state index in [0.29, 0.717) is 21.7 Å². The molecule has 40 heavy (non-hydrogen) atoms. The van der Waals surface area contributed by atoms with E-state index in [2.05, 4.69) is 31.0 Å². The number of benzene rings is 3. The van der Waals surface area contributed by atoms with Crippen molar-refractivity contribution in [3.8, 4) is 5.69 Å². The van der Waals surface area contributed by atoms with Gasteiger partial charge in [-0.1, -0.05) is 90.3 Å². The van der Waals surface area contributed by atoms with Crippen LogP contribution in [0.4, 0.5) is 5.13 Å². The SMILES string of the molecule is CCSc1nnc(NC(=O)CSc2nnc(CNC(=O)c3cccc4ccccc34)n2-c2cccc(C)c2C)s1. The zero-order chi connectivity index (χ0) is 28.1. The fourth-order valence-electron chi connectivity index (χ4n) is 4.13. The summed E-state index contributed by atoms with van der Waals surface area (Å²) in [5, 5.41) is 25.6. The van der Waals surface area contributed by atoms with Crippen molar-refractivity contribution < 1.29 is 9.59 Å². The van der Waals surface area contributed by atoms with Crippen molar-refractivity contribution in [2.24, 2.45) is 0 Å². The number of fused-ring (bicyclic) bond motifs is 1. The summed E-state index contributed by atoms with van der Waals surface area (Å²) < 4.78 is 2.72. The highest BCUT2D eigenvalue weighted by molar-refractivity contribution is 8.01. The molecule has 204 valence electrons. The summed E-state index contributed by atoms with van der Waals surface area (Å²) in [6.07, 6.45) is 0. The van der Waals surface area contributed by atoms with E-state index >= 15 is 0 Å². The molecule has 3 aromatic carbocycles. The van der Waals surface area contributed by atoms with Gasteiger partial charge in [-0.25, -0.2) is 0 Å². The van der Waals surface area contributed by atoms with Crippen molar-refractivity contribution in [2.75, 3.05) is 16.8 Å². The summed E-state index contributed by atoms with van der Waals surface area (Å²) in [6, 6.07) is 19.5. The molecule has 0 fully saturated rings. The number of thioether (sulfide) groups is 2. The molecule has 5 rings (SSSR count). The van der Waals surface area contributed by atoms with E-state index < -0.39 is 0 Å². The lowest BCUT2D eigenvalue weighted by molar-refractivity contribution is -0.113. The summed E-state index contributed by atoms with van der Waals surface area (Å²) in [5.74, 6) is 1.16. The van der Waals surface area contributed by atoms with Gasteiger partial charge in [-0.2, -0.15) is 0 Å². The Morgan fingerprint density at radius 3 is 2.58 bits per heavy atom. The second-order valence-corrected chi connectivity index (χ2v) is 12.2. The molecule has 2 heterocycles. The average Bonchev–Trinajstić information content (AvgIpc) is 3.58. The predicted octanol–water partition coefficient (Wildman–Crippen LogP) is 5.66. The second-order valence-electron chi connectivity index (χ2n) is 8.81. The van der Waals surface area contributed by atoms with E-state index in [1.807, 2.05) is 86.0 Å². The van der Waals surface area contributed by atoms with Gasteiger partial charge in [0.05, 0.1) is 18.0 Å². The van der Waals surface area contributed by atoms with E-state index in [4.69, 9.17) is 0 Å². The highest BCUT2D eigenvalue weighted by Crippen LogP contribution is 2.28. The van der Waals surface area contributed by atoms with Crippen LogP contribution in [-0.4, -0.2) is 48.3 Å². The zero-order valence-electron chi connectivity index (χ0n) is 22.2. The Balaban J connectivity index is 1.35. The first-order chi connectivity index (χ1) is 19.4. The minimum Gasteiger partial charge on any atom is -0.345 e. The van der Waals surface area contributed by atoms with Crippen molar-refractivity contribution in [1.82, 2.24) is 30.3 Å². The largest absolute Gasteiger partial charge is 0.345 e. The van der Waals surface area contributed by atoms with Gasteiger partial charge in [0.15, 0.2) is 15.3 Å². The van der Waals surface area contributed by atoms with E-state index in [9.17, 15) is 9.59 Å². The predicted molar refractivity (Wildman–Crippen MR) is 162 cm³/mol. The minimum atomic E-state index is -0.212. The minimum absolute atomic E-state index is 0.112. The van der Waals surface area contributed by atoms with Crippen LogP contribution in [0.1, 0.15) is 34.2 Å². The topological polar surface area (TPSA) is 115 Å². The lowest BCUT2D eigenvalue weighted by Gasteiger charge is -2.15. The lowest BCUT2D eigenvalue weighted by atomic mass is 10.0. The molecule has 12 heteroatoms. The summed E-state index contributed by atoms with van der Waals surface area (Å²) in [4.78, 5) is 25.9. The van der Waals surface area contributed by atoms with Gasteiger partial charge < -0.3 is 5.32 Å². The molecule has 0 aliphatic heterocycles. The third-order valence-electron chi connectivity index (χ3n) is 6.21. The van der Waals surface area contributed by atoms with Crippen molar-refractivity contribution in [3.05, 3.63) is 83.2 Å². The van der Waals surface area contributed by atoms with Gasteiger partial charge in [0.25, 0.3) is 5.91 Å². The molecular formula is C28H27N7O2S3. The highest BCUT2D eigenvalue weighted by atomic mass is 32.2. The molecule has 0 saturated heterocycles. The number of nitrogens with zero attached hydrogens (tertiary/aromatic N) is 5. The first-order valence-electron chi connectivity index (χ1n) is 12.6. The number of carbonyl (C=O) groups is 2. The van der Waals surface area contributed by atoms with Crippen LogP contribution in [0, 0.1) is 13.8 Å². The summed E-state index contributed by atoms with van der Waals surface area (Å²) in [6.45, 7) is 6.28. The highest BCUT2D eigenvalue weighted by Gasteiger charge is 2.20. The number of hydrogen-bond donors (Lipinski definition) is 2. The van der Waals surface area contributed by atoms with E-state index in [1.54, 1.807) is 11.8 Å². The molecule has 2 N–H and O–H groups in total. The number of amides is 2. The zero-order valence-corrected chi connectivity index (χ0v) is 24.6. The molecule has 0 radical (unpaired) electrons. The molecule has 5 aromatic rings. The van der Waals surface area contributed by atoms with Gasteiger partial charge in [0.2, 0.25) is 11.0 Å². The number of anilines is 1. The molecule has 0 bridgehead atoms. The second kappa shape index (κ2) is 12.6. The molecule has 0 aliphatic rings. The van der Waals surface area contributed by atoms with Crippen molar-refractivity contribution in [3.63, 3.8) is 0 Å². The Morgan fingerprint density at radius 1 is 0.925 bits per heavy atom. The maximum absolute atomic E-state index is 13.2. The van der Waals surface area contributed by atoms with Crippen LogP contribution in [0.25, 0.3) is 16.5 Å². The van der Waals surface area contributed by atoms with Gasteiger partial charge in [-0.05, 0) is 53.6 Å². The molecule has 2 aromatic heterocycles. The van der Waals surface area contributed by atoms with Gasteiger partial charge in [0, 0.05) is 5.56 Å². The lowest BCUT2D eigenvalue weighted by Crippen LogP contribution is -2.25. The third kappa shape index (κ3) is 6.19. The number of nitrogens with one attached hydrogen (secondary N) is 2. The van der Waals surface area contributed by atoms with Gasteiger partial charge in [-0.15, -0.1) is 20.4 Å². The van der Waals surface area contributed by atoms with Gasteiger partial charge in [-0.3, -0.25) is 19.5 Å². The van der Waals surface area contributed by atoms with E-state index in [-0.39, 0.29) is 24.1 Å². The summed E-state index contributed by atoms with van der Waals surface area (Å²) in [7, 11) is 0. The molecule has 0 aliphatic carbocycles. The van der Waals surface area contributed by atoms with Crippen LogP contribution in [0.15, 0.2) is 70.2 Å². The van der Waals surface area contributed by atoms with Crippen molar-refractivity contribution >= 4 is 62.6 Å². The molecule has 0 spiro atoms. The van der Waals surface area contributed by atoms with E-state index in [0.717, 1.165) is 37.7 Å². The Morgan fingerprint density at radius 2 is 1.73 bits per heavy atom. The number of aryl methyl sites for hydroxylation is 1. The summed E-state index contributed by atoms with van der Waals surface area (Å²) in [5.41, 5.74) is 3.67. The quantitative estimate of drug-likeness (QED) is 0.158. The number of hydrogen-bond acceptors (Lipinski definition) is 9. The van der Waals surface area contributed by atoms with Crippen LogP contribution < -0.4 is 10.6 Å². The van der Waals surface area contributed by atoms with Crippen molar-refractivity contribution in [1.29, 1.82) is 0 Å². The molecule has 0 atom stereocenters. The Hall–Kier alpha value is -3.74. The van der Waals surface area contributed by atoms with Crippen molar-refractivity contribution in [2.45, 2.75) is 36.8 Å². The monoisotopic (exact) mass is 589 g/mol. The van der Waals surface area contributed by atoms with Crippen LogP contribution in [0.2, 0.25) is 0 Å². The molecule has 2 amide bonds. The smallest absolute Gasteiger partial charge is 0.252 e.